The summed E-state index contributed by atoms with van der Waals surface area (Å²) in [6.45, 7) is 1.78. The molecular weight excluding hydrogens is 232 g/mol. The van der Waals surface area contributed by atoms with Gasteiger partial charge < -0.3 is 9.51 Å². The van der Waals surface area contributed by atoms with Crippen LogP contribution in [-0.2, 0) is 0 Å². The van der Waals surface area contributed by atoms with Crippen LogP contribution in [0.5, 0.6) is 0 Å². The minimum atomic E-state index is -0.494. The maximum atomic E-state index is 9.87. The van der Waals surface area contributed by atoms with Gasteiger partial charge in [0.25, 0.3) is 0 Å². The average molecular weight is 244 g/mol. The largest absolute Gasteiger partial charge is 0.389 e. The van der Waals surface area contributed by atoms with Crippen LogP contribution in [0.4, 0.5) is 0 Å². The lowest BCUT2D eigenvalue weighted by molar-refractivity contribution is 0.200. The second kappa shape index (κ2) is 3.98. The van der Waals surface area contributed by atoms with E-state index in [2.05, 4.69) is 9.38 Å². The minimum Gasteiger partial charge on any atom is -0.389 e. The molecule has 0 spiro atoms. The monoisotopic (exact) mass is 244 g/mol. The van der Waals surface area contributed by atoms with E-state index in [1.54, 1.807) is 18.3 Å². The van der Waals surface area contributed by atoms with E-state index in [9.17, 15) is 5.11 Å². The van der Waals surface area contributed by atoms with E-state index in [0.717, 1.165) is 22.5 Å². The van der Waals surface area contributed by atoms with Gasteiger partial charge in [0.05, 0.1) is 23.0 Å². The summed E-state index contributed by atoms with van der Waals surface area (Å²) in [6, 6.07) is 8.02. The summed E-state index contributed by atoms with van der Waals surface area (Å²) in [5.74, 6) is 0. The third kappa shape index (κ3) is 1.66. The third-order valence-corrected chi connectivity index (χ3v) is 3.42. The Morgan fingerprint density at radius 3 is 3.00 bits per heavy atom. The number of fused-ring (bicyclic) bond motifs is 1. The van der Waals surface area contributed by atoms with Crippen molar-refractivity contribution < 1.29 is 5.11 Å². The topological polar surface area (TPSA) is 37.5 Å². The van der Waals surface area contributed by atoms with Crippen LogP contribution in [-0.4, -0.2) is 14.5 Å². The number of thiazole rings is 1. The van der Waals surface area contributed by atoms with Gasteiger partial charge in [-0.25, -0.2) is 4.98 Å². The molecule has 0 amide bonds. The predicted molar refractivity (Wildman–Crippen MR) is 69.1 cm³/mol. The molecule has 0 saturated heterocycles. The van der Waals surface area contributed by atoms with Crippen LogP contribution in [0, 0.1) is 0 Å². The fourth-order valence-electron chi connectivity index (χ4n) is 2.06. The molecule has 86 valence electrons. The standard InChI is InChI=1S/C13H12N2OS/c1-9(16)11-6-10-4-2-3-5-15(10)13(11)12-7-17-8-14-12/h2-9,16H,1H3. The average Bonchev–Trinajstić information content (AvgIpc) is 2.94. The molecule has 0 saturated carbocycles. The van der Waals surface area contributed by atoms with Crippen molar-refractivity contribution in [1.29, 1.82) is 0 Å². The summed E-state index contributed by atoms with van der Waals surface area (Å²) in [7, 11) is 0. The molecule has 3 aromatic rings. The summed E-state index contributed by atoms with van der Waals surface area (Å²) in [4.78, 5) is 4.34. The molecule has 0 aliphatic heterocycles. The van der Waals surface area contributed by atoms with Crippen molar-refractivity contribution in [3.63, 3.8) is 0 Å². The summed E-state index contributed by atoms with van der Waals surface area (Å²) < 4.78 is 2.07. The highest BCUT2D eigenvalue weighted by atomic mass is 32.1. The Balaban J connectivity index is 2.36. The normalized spacial score (nSPS) is 13.1. The molecule has 0 aromatic carbocycles. The first-order valence-corrected chi connectivity index (χ1v) is 6.38. The zero-order valence-corrected chi connectivity index (χ0v) is 10.2. The fourth-order valence-corrected chi connectivity index (χ4v) is 2.60. The van der Waals surface area contributed by atoms with Gasteiger partial charge in [-0.2, -0.15) is 0 Å². The van der Waals surface area contributed by atoms with E-state index >= 15 is 0 Å². The van der Waals surface area contributed by atoms with Crippen molar-refractivity contribution in [3.05, 3.63) is 46.9 Å². The number of rotatable bonds is 2. The summed E-state index contributed by atoms with van der Waals surface area (Å²) in [6.07, 6.45) is 1.50. The SMILES string of the molecule is CC(O)c1cc2ccccn2c1-c1cscn1. The van der Waals surface area contributed by atoms with Crippen molar-refractivity contribution in [3.8, 4) is 11.4 Å². The molecule has 1 unspecified atom stereocenters. The lowest BCUT2D eigenvalue weighted by atomic mass is 10.1. The zero-order valence-electron chi connectivity index (χ0n) is 9.37. The first-order chi connectivity index (χ1) is 8.27. The molecule has 0 bridgehead atoms. The Hall–Kier alpha value is -1.65. The van der Waals surface area contributed by atoms with Crippen LogP contribution in [0.2, 0.25) is 0 Å². The van der Waals surface area contributed by atoms with Gasteiger partial charge >= 0.3 is 0 Å². The summed E-state index contributed by atoms with van der Waals surface area (Å²) in [5.41, 5.74) is 5.70. The Labute approximate surface area is 103 Å². The van der Waals surface area contributed by atoms with Gasteiger partial charge in [0.15, 0.2) is 0 Å². The quantitative estimate of drug-likeness (QED) is 0.752. The highest BCUT2D eigenvalue weighted by molar-refractivity contribution is 7.07. The van der Waals surface area contributed by atoms with Crippen LogP contribution >= 0.6 is 11.3 Å². The number of hydrogen-bond donors (Lipinski definition) is 1. The zero-order chi connectivity index (χ0) is 11.8. The molecule has 3 heterocycles. The highest BCUT2D eigenvalue weighted by Gasteiger charge is 2.16. The van der Waals surface area contributed by atoms with E-state index < -0.39 is 6.10 Å². The van der Waals surface area contributed by atoms with Crippen molar-refractivity contribution >= 4 is 16.9 Å². The van der Waals surface area contributed by atoms with Crippen molar-refractivity contribution in [1.82, 2.24) is 9.38 Å². The Bertz CT molecular complexity index is 641. The number of aliphatic hydroxyl groups is 1. The molecule has 17 heavy (non-hydrogen) atoms. The van der Waals surface area contributed by atoms with Gasteiger partial charge in [0.1, 0.15) is 0 Å². The van der Waals surface area contributed by atoms with E-state index in [1.807, 2.05) is 41.4 Å². The van der Waals surface area contributed by atoms with E-state index in [1.165, 1.54) is 0 Å². The first-order valence-electron chi connectivity index (χ1n) is 5.44. The maximum absolute atomic E-state index is 9.87. The Morgan fingerprint density at radius 2 is 2.29 bits per heavy atom. The van der Waals surface area contributed by atoms with E-state index in [4.69, 9.17) is 0 Å². The molecule has 1 N–H and O–H groups in total. The van der Waals surface area contributed by atoms with Gasteiger partial charge in [0, 0.05) is 22.7 Å². The number of aliphatic hydroxyl groups excluding tert-OH is 1. The van der Waals surface area contributed by atoms with Gasteiger partial charge in [-0.15, -0.1) is 11.3 Å². The Kier molecular flexibility index (Phi) is 2.46. The molecule has 3 nitrogen and oxygen atoms in total. The fraction of sp³-hybridized carbons (Fsp3) is 0.154. The lowest BCUT2D eigenvalue weighted by Gasteiger charge is -2.06. The molecule has 1 atom stereocenters. The molecular formula is C13H12N2OS. The van der Waals surface area contributed by atoms with Gasteiger partial charge in [-0.3, -0.25) is 0 Å². The van der Waals surface area contributed by atoms with Gasteiger partial charge in [-0.05, 0) is 25.1 Å². The highest BCUT2D eigenvalue weighted by Crippen LogP contribution is 2.31. The third-order valence-electron chi connectivity index (χ3n) is 2.83. The predicted octanol–water partition coefficient (Wildman–Crippen LogP) is 3.12. The summed E-state index contributed by atoms with van der Waals surface area (Å²) in [5, 5.41) is 11.9. The molecule has 0 aliphatic rings. The first kappa shape index (κ1) is 10.5. The number of pyridine rings is 1. The molecule has 0 radical (unpaired) electrons. The van der Waals surface area contributed by atoms with Crippen molar-refractivity contribution in [2.24, 2.45) is 0 Å². The second-order valence-electron chi connectivity index (χ2n) is 3.99. The smallest absolute Gasteiger partial charge is 0.0982 e. The van der Waals surface area contributed by atoms with Crippen LogP contribution < -0.4 is 0 Å². The Morgan fingerprint density at radius 1 is 1.41 bits per heavy atom. The van der Waals surface area contributed by atoms with Gasteiger partial charge in [0.2, 0.25) is 0 Å². The van der Waals surface area contributed by atoms with E-state index in [-0.39, 0.29) is 0 Å². The van der Waals surface area contributed by atoms with Crippen molar-refractivity contribution in [2.45, 2.75) is 13.0 Å². The molecule has 0 fully saturated rings. The maximum Gasteiger partial charge on any atom is 0.0982 e. The van der Waals surface area contributed by atoms with E-state index in [0.29, 0.717) is 0 Å². The number of hydrogen-bond acceptors (Lipinski definition) is 3. The number of nitrogens with zero attached hydrogens (tertiary/aromatic N) is 2. The molecule has 0 aliphatic carbocycles. The summed E-state index contributed by atoms with van der Waals surface area (Å²) >= 11 is 1.56. The molecule has 3 aromatic heterocycles. The van der Waals surface area contributed by atoms with Crippen LogP contribution in [0.3, 0.4) is 0 Å². The van der Waals surface area contributed by atoms with Crippen LogP contribution in [0.1, 0.15) is 18.6 Å². The number of aromatic nitrogens is 2. The van der Waals surface area contributed by atoms with Crippen LogP contribution in [0.25, 0.3) is 16.9 Å². The van der Waals surface area contributed by atoms with Gasteiger partial charge in [-0.1, -0.05) is 6.07 Å². The molecule has 3 rings (SSSR count). The minimum absolute atomic E-state index is 0.494. The molecule has 4 heteroatoms. The van der Waals surface area contributed by atoms with Crippen molar-refractivity contribution in [2.75, 3.05) is 0 Å². The lowest BCUT2D eigenvalue weighted by Crippen LogP contribution is -1.94. The van der Waals surface area contributed by atoms with Crippen LogP contribution in [0.15, 0.2) is 41.4 Å². The second-order valence-corrected chi connectivity index (χ2v) is 4.71.